The van der Waals surface area contributed by atoms with Crippen LogP contribution < -0.4 is 14.7 Å². The zero-order valence-corrected chi connectivity index (χ0v) is 17.7. The first-order valence-corrected chi connectivity index (χ1v) is 10.7. The van der Waals surface area contributed by atoms with Gasteiger partial charge in [0.05, 0.1) is 17.1 Å². The number of fused-ring (bicyclic) bond motifs is 3. The van der Waals surface area contributed by atoms with Gasteiger partial charge < -0.3 is 5.11 Å². The van der Waals surface area contributed by atoms with Crippen molar-refractivity contribution in [2.45, 2.75) is 38.5 Å². The summed E-state index contributed by atoms with van der Waals surface area (Å²) in [6.45, 7) is 5.88. The maximum Gasteiger partial charge on any atom is 0.293 e. The lowest BCUT2D eigenvalue weighted by atomic mass is 9.97. The Kier molecular flexibility index (Phi) is 5.00. The van der Waals surface area contributed by atoms with E-state index in [2.05, 4.69) is 16.1 Å². The first-order valence-electron chi connectivity index (χ1n) is 9.49. The summed E-state index contributed by atoms with van der Waals surface area (Å²) < 4.78 is 1.68. The van der Waals surface area contributed by atoms with Crippen molar-refractivity contribution in [2.24, 2.45) is 0 Å². The summed E-state index contributed by atoms with van der Waals surface area (Å²) in [7, 11) is 0. The molecule has 1 aromatic heterocycles. The van der Waals surface area contributed by atoms with Crippen LogP contribution in [0.3, 0.4) is 0 Å². The van der Waals surface area contributed by atoms with Gasteiger partial charge in [0.1, 0.15) is 0 Å². The van der Waals surface area contributed by atoms with Gasteiger partial charge in [0, 0.05) is 17.1 Å². The molecule has 1 amide bonds. The number of nitrogens with zero attached hydrogens (tertiary/aromatic N) is 4. The van der Waals surface area contributed by atoms with Crippen LogP contribution in [0.25, 0.3) is 11.3 Å². The van der Waals surface area contributed by atoms with Gasteiger partial charge in [-0.3, -0.25) is 4.79 Å². The van der Waals surface area contributed by atoms with Crippen LogP contribution in [0.4, 0.5) is 5.69 Å². The number of hydrogen-bond acceptors (Lipinski definition) is 5. The van der Waals surface area contributed by atoms with E-state index in [-0.39, 0.29) is 11.8 Å². The maximum absolute atomic E-state index is 13.1. The van der Waals surface area contributed by atoms with Gasteiger partial charge in [0.25, 0.3) is 17.0 Å². The van der Waals surface area contributed by atoms with E-state index in [4.69, 9.17) is 0 Å². The van der Waals surface area contributed by atoms with Crippen molar-refractivity contribution in [3.8, 4) is 17.1 Å². The molecule has 4 rings (SSSR count). The number of aryl methyl sites for hydroxylation is 2. The van der Waals surface area contributed by atoms with Crippen LogP contribution in [0.1, 0.15) is 36.2 Å². The van der Waals surface area contributed by atoms with Gasteiger partial charge in [0.2, 0.25) is 5.91 Å². The van der Waals surface area contributed by atoms with Crippen LogP contribution >= 0.6 is 11.8 Å². The van der Waals surface area contributed by atoms with Gasteiger partial charge in [-0.05, 0) is 43.9 Å². The second-order valence-electron chi connectivity index (χ2n) is 7.06. The molecule has 6 nitrogen and oxygen atoms in total. The van der Waals surface area contributed by atoms with E-state index in [9.17, 15) is 9.90 Å². The Balaban J connectivity index is 2.11. The third-order valence-electron chi connectivity index (χ3n) is 5.18. The molecule has 29 heavy (non-hydrogen) atoms. The number of thioether (sulfide) groups is 1. The predicted octanol–water partition coefficient (Wildman–Crippen LogP) is 3.15. The lowest BCUT2D eigenvalue weighted by Gasteiger charge is -2.34. The van der Waals surface area contributed by atoms with E-state index in [1.807, 2.05) is 63.4 Å². The summed E-state index contributed by atoms with van der Waals surface area (Å²) in [6.07, 6.45) is 1.63. The van der Waals surface area contributed by atoms with Crippen molar-refractivity contribution >= 4 is 23.4 Å². The third kappa shape index (κ3) is 3.15. The first-order chi connectivity index (χ1) is 14.0. The third-order valence-corrected chi connectivity index (χ3v) is 5.72. The number of anilines is 1. The molecular formula is C22H22N4O2S. The largest absolute Gasteiger partial charge is 0.854 e. The van der Waals surface area contributed by atoms with Crippen LogP contribution in [-0.2, 0) is 4.79 Å². The summed E-state index contributed by atoms with van der Waals surface area (Å²) in [5.41, 5.74) is 4.85. The molecule has 7 heteroatoms. The SMILES string of the molecule is CCC(=O)N1c2ccccc2-c2c([O-])nc(SC)n[n+]2C1c1cc(C)ccc1C. The van der Waals surface area contributed by atoms with Crippen molar-refractivity contribution in [3.05, 3.63) is 59.2 Å². The zero-order valence-electron chi connectivity index (χ0n) is 16.8. The summed E-state index contributed by atoms with van der Waals surface area (Å²) in [5, 5.41) is 18.0. The standard InChI is InChI=1S/C22H22N4O2S/c1-5-18(27)25-17-9-7-6-8-15(17)19-20(28)23-22(29-4)24-26(19)21(25)16-12-13(2)10-11-14(16)3/h6-12,21H,5H2,1-4H3. The monoisotopic (exact) mass is 406 g/mol. The quantitative estimate of drug-likeness (QED) is 0.494. The van der Waals surface area contributed by atoms with Crippen LogP contribution in [0.5, 0.6) is 5.88 Å². The van der Waals surface area contributed by atoms with E-state index in [0.29, 0.717) is 28.5 Å². The smallest absolute Gasteiger partial charge is 0.293 e. The summed E-state index contributed by atoms with van der Waals surface area (Å²) >= 11 is 1.31. The van der Waals surface area contributed by atoms with Gasteiger partial charge in [-0.25, -0.2) is 9.88 Å². The van der Waals surface area contributed by atoms with E-state index < -0.39 is 6.17 Å². The van der Waals surface area contributed by atoms with Crippen molar-refractivity contribution in [2.75, 3.05) is 11.2 Å². The van der Waals surface area contributed by atoms with Gasteiger partial charge in [0.15, 0.2) is 0 Å². The molecule has 1 atom stereocenters. The van der Waals surface area contributed by atoms with Crippen molar-refractivity contribution < 1.29 is 14.6 Å². The molecule has 2 aromatic carbocycles. The molecule has 0 radical (unpaired) electrons. The Labute approximate surface area is 174 Å². The highest BCUT2D eigenvalue weighted by atomic mass is 32.2. The number of hydrogen-bond donors (Lipinski definition) is 0. The number of amides is 1. The van der Waals surface area contributed by atoms with Crippen molar-refractivity contribution in [1.29, 1.82) is 0 Å². The highest BCUT2D eigenvalue weighted by molar-refractivity contribution is 7.98. The fraction of sp³-hybridized carbons (Fsp3) is 0.273. The molecule has 0 aliphatic carbocycles. The number of benzene rings is 2. The molecular weight excluding hydrogens is 384 g/mol. The average Bonchev–Trinajstić information content (AvgIpc) is 2.73. The topological polar surface area (TPSA) is 73.0 Å². The highest BCUT2D eigenvalue weighted by Crippen LogP contribution is 2.41. The van der Waals surface area contributed by atoms with Crippen LogP contribution in [0, 0.1) is 13.8 Å². The number of carbonyl (C=O) groups is 1. The first kappa shape index (κ1) is 19.4. The number of aromatic nitrogens is 3. The molecule has 2 heterocycles. The van der Waals surface area contributed by atoms with Gasteiger partial charge in [-0.2, -0.15) is 0 Å². The van der Waals surface area contributed by atoms with E-state index in [0.717, 1.165) is 16.7 Å². The predicted molar refractivity (Wildman–Crippen MR) is 111 cm³/mol. The Hall–Kier alpha value is -2.93. The second kappa shape index (κ2) is 7.48. The Morgan fingerprint density at radius 2 is 2.00 bits per heavy atom. The minimum atomic E-state index is -0.547. The minimum Gasteiger partial charge on any atom is -0.854 e. The summed E-state index contributed by atoms with van der Waals surface area (Å²) in [5.74, 6) is -0.367. The summed E-state index contributed by atoms with van der Waals surface area (Å²) in [6, 6.07) is 13.6. The van der Waals surface area contributed by atoms with Crippen molar-refractivity contribution in [1.82, 2.24) is 10.1 Å². The Morgan fingerprint density at radius 3 is 2.72 bits per heavy atom. The zero-order chi connectivity index (χ0) is 20.7. The molecule has 1 aliphatic heterocycles. The van der Waals surface area contributed by atoms with Gasteiger partial charge in [-0.15, -0.1) is 0 Å². The summed E-state index contributed by atoms with van der Waals surface area (Å²) in [4.78, 5) is 19.0. The molecule has 0 bridgehead atoms. The fourth-order valence-corrected chi connectivity index (χ4v) is 4.12. The second-order valence-corrected chi connectivity index (χ2v) is 7.84. The van der Waals surface area contributed by atoms with Gasteiger partial charge in [-0.1, -0.05) is 53.2 Å². The number of para-hydroxylation sites is 1. The molecule has 0 fully saturated rings. The molecule has 148 valence electrons. The molecule has 3 aromatic rings. The van der Waals surface area contributed by atoms with E-state index in [1.54, 1.807) is 9.58 Å². The van der Waals surface area contributed by atoms with Crippen molar-refractivity contribution in [3.63, 3.8) is 0 Å². The van der Waals surface area contributed by atoms with Crippen LogP contribution in [-0.4, -0.2) is 22.2 Å². The number of carbonyl (C=O) groups excluding carboxylic acids is 1. The molecule has 0 spiro atoms. The highest BCUT2D eigenvalue weighted by Gasteiger charge is 2.44. The molecule has 1 aliphatic rings. The Bertz CT molecular complexity index is 1120. The minimum absolute atomic E-state index is 0.0294. The maximum atomic E-state index is 13.1. The van der Waals surface area contributed by atoms with Crippen LogP contribution in [0.2, 0.25) is 0 Å². The molecule has 0 N–H and O–H groups in total. The lowest BCUT2D eigenvalue weighted by molar-refractivity contribution is -0.764. The van der Waals surface area contributed by atoms with E-state index >= 15 is 0 Å². The van der Waals surface area contributed by atoms with Gasteiger partial charge >= 0.3 is 0 Å². The normalized spacial score (nSPS) is 15.0. The van der Waals surface area contributed by atoms with Crippen LogP contribution in [0.15, 0.2) is 47.6 Å². The Morgan fingerprint density at radius 1 is 1.24 bits per heavy atom. The number of rotatable bonds is 3. The molecule has 0 saturated carbocycles. The lowest BCUT2D eigenvalue weighted by Crippen LogP contribution is -2.59. The fourth-order valence-electron chi connectivity index (χ4n) is 3.78. The average molecular weight is 407 g/mol. The molecule has 0 saturated heterocycles. The van der Waals surface area contributed by atoms with E-state index in [1.165, 1.54) is 11.8 Å². The molecule has 1 unspecified atom stereocenters.